The Morgan fingerprint density at radius 3 is 1.02 bits per heavy atom. The molecule has 7 aromatic rings. The molecule has 0 fully saturated rings. The fourth-order valence-electron chi connectivity index (χ4n) is 5.05. The molecule has 0 bridgehead atoms. The summed E-state index contributed by atoms with van der Waals surface area (Å²) < 4.78 is 23.0. The molecule has 0 heterocycles. The smallest absolute Gasteiger partial charge is 0.122 e. The number of para-hydroxylation sites is 1. The van der Waals surface area contributed by atoms with Crippen LogP contribution in [0.25, 0.3) is 32.3 Å². The lowest BCUT2D eigenvalue weighted by molar-refractivity contribution is 0.217. The maximum absolute atomic E-state index is 5.84. The van der Waals surface area contributed by atoms with Gasteiger partial charge in [0.25, 0.3) is 0 Å². The first-order valence-electron chi connectivity index (χ1n) is 15.3. The zero-order chi connectivity index (χ0) is 30.5. The SMILES string of the molecule is c1ccc(OCCOc2ccc3ccccc3c2)cc1.c1ccc2cc(OCCCOc3ccc4ccccc4c3)ccc2c1. The molecule has 4 heteroatoms. The molecule has 0 spiro atoms. The summed E-state index contributed by atoms with van der Waals surface area (Å²) in [5.41, 5.74) is 0. The first kappa shape index (κ1) is 29.6. The molecule has 0 saturated carbocycles. The summed E-state index contributed by atoms with van der Waals surface area (Å²) >= 11 is 0. The fourth-order valence-corrected chi connectivity index (χ4v) is 5.05. The highest BCUT2D eigenvalue weighted by molar-refractivity contribution is 5.85. The van der Waals surface area contributed by atoms with Crippen molar-refractivity contribution >= 4 is 32.3 Å². The second-order valence-electron chi connectivity index (χ2n) is 10.6. The molecule has 4 nitrogen and oxygen atoms in total. The van der Waals surface area contributed by atoms with Crippen molar-refractivity contribution in [1.29, 1.82) is 0 Å². The van der Waals surface area contributed by atoms with Crippen LogP contribution in [0.5, 0.6) is 23.0 Å². The normalized spacial score (nSPS) is 10.7. The molecule has 45 heavy (non-hydrogen) atoms. The molecule has 0 aromatic heterocycles. The number of ether oxygens (including phenoxy) is 4. The Bertz CT molecular complexity index is 1870. The van der Waals surface area contributed by atoms with Gasteiger partial charge in [-0.05, 0) is 80.8 Å². The van der Waals surface area contributed by atoms with Crippen molar-refractivity contribution in [3.8, 4) is 23.0 Å². The van der Waals surface area contributed by atoms with Gasteiger partial charge in [0.1, 0.15) is 36.2 Å². The second-order valence-corrected chi connectivity index (χ2v) is 10.6. The topological polar surface area (TPSA) is 36.9 Å². The molecule has 0 saturated heterocycles. The highest BCUT2D eigenvalue weighted by atomic mass is 16.5. The van der Waals surface area contributed by atoms with Crippen molar-refractivity contribution in [1.82, 2.24) is 0 Å². The van der Waals surface area contributed by atoms with E-state index in [-0.39, 0.29) is 0 Å². The van der Waals surface area contributed by atoms with E-state index < -0.39 is 0 Å². The van der Waals surface area contributed by atoms with Crippen LogP contribution in [0.2, 0.25) is 0 Å². The van der Waals surface area contributed by atoms with E-state index in [2.05, 4.69) is 72.8 Å². The van der Waals surface area contributed by atoms with Crippen molar-refractivity contribution in [2.75, 3.05) is 26.4 Å². The molecule has 0 unspecified atom stereocenters. The largest absolute Gasteiger partial charge is 0.493 e. The Morgan fingerprint density at radius 2 is 0.600 bits per heavy atom. The third-order valence-corrected chi connectivity index (χ3v) is 7.35. The summed E-state index contributed by atoms with van der Waals surface area (Å²) in [6.07, 6.45) is 0.847. The highest BCUT2D eigenvalue weighted by Crippen LogP contribution is 2.23. The average Bonchev–Trinajstić information content (AvgIpc) is 3.10. The van der Waals surface area contributed by atoms with Crippen LogP contribution in [0.1, 0.15) is 6.42 Å². The van der Waals surface area contributed by atoms with Crippen LogP contribution < -0.4 is 18.9 Å². The Balaban J connectivity index is 0.000000163. The van der Waals surface area contributed by atoms with Gasteiger partial charge in [0, 0.05) is 6.42 Å². The molecule has 0 aliphatic rings. The highest BCUT2D eigenvalue weighted by Gasteiger charge is 2.00. The van der Waals surface area contributed by atoms with E-state index >= 15 is 0 Å². The van der Waals surface area contributed by atoms with Gasteiger partial charge >= 0.3 is 0 Å². The Labute approximate surface area is 264 Å². The summed E-state index contributed by atoms with van der Waals surface area (Å²) in [5, 5.41) is 7.28. The molecule has 0 radical (unpaired) electrons. The Morgan fingerprint density at radius 1 is 0.267 bits per heavy atom. The minimum Gasteiger partial charge on any atom is -0.493 e. The molecule has 0 N–H and O–H groups in total. The van der Waals surface area contributed by atoms with E-state index in [1.165, 1.54) is 32.3 Å². The maximum Gasteiger partial charge on any atom is 0.122 e. The minimum atomic E-state index is 0.535. The number of hydrogen-bond acceptors (Lipinski definition) is 4. The third kappa shape index (κ3) is 8.55. The van der Waals surface area contributed by atoms with Gasteiger partial charge in [-0.25, -0.2) is 0 Å². The van der Waals surface area contributed by atoms with Gasteiger partial charge in [-0.2, -0.15) is 0 Å². The Hall–Kier alpha value is -5.48. The van der Waals surface area contributed by atoms with Crippen LogP contribution in [0, 0.1) is 0 Å². The lowest BCUT2D eigenvalue weighted by Gasteiger charge is -2.09. The standard InChI is InChI=1S/C23H20O2.C18H16O2/c1-3-8-20-16-22(12-10-18(20)6-1)24-14-5-15-25-23-13-11-19-7-2-4-9-21(19)17-23;1-2-8-17(9-3-1)19-12-13-20-18-11-10-15-6-4-5-7-16(15)14-18/h1-4,6-13,16-17H,5,14-15H2;1-11,14H,12-13H2. The second kappa shape index (κ2) is 15.3. The third-order valence-electron chi connectivity index (χ3n) is 7.35. The van der Waals surface area contributed by atoms with Gasteiger partial charge in [0.15, 0.2) is 0 Å². The van der Waals surface area contributed by atoms with Crippen LogP contribution in [-0.4, -0.2) is 26.4 Å². The van der Waals surface area contributed by atoms with E-state index in [1.54, 1.807) is 0 Å². The minimum absolute atomic E-state index is 0.535. The van der Waals surface area contributed by atoms with Crippen LogP contribution in [0.3, 0.4) is 0 Å². The monoisotopic (exact) mass is 592 g/mol. The van der Waals surface area contributed by atoms with Gasteiger partial charge < -0.3 is 18.9 Å². The molecular weight excluding hydrogens is 556 g/mol. The molecule has 0 aliphatic carbocycles. The zero-order valence-corrected chi connectivity index (χ0v) is 25.2. The summed E-state index contributed by atoms with van der Waals surface area (Å²) in [6.45, 7) is 2.36. The number of fused-ring (bicyclic) bond motifs is 3. The lowest BCUT2D eigenvalue weighted by Crippen LogP contribution is -2.08. The average molecular weight is 593 g/mol. The zero-order valence-electron chi connectivity index (χ0n) is 25.2. The van der Waals surface area contributed by atoms with E-state index in [4.69, 9.17) is 18.9 Å². The summed E-state index contributed by atoms with van der Waals surface area (Å²) in [6, 6.07) is 53.1. The first-order valence-corrected chi connectivity index (χ1v) is 15.3. The lowest BCUT2D eigenvalue weighted by atomic mass is 10.1. The number of benzene rings is 7. The summed E-state index contributed by atoms with van der Waals surface area (Å²) in [7, 11) is 0. The van der Waals surface area contributed by atoms with E-state index in [9.17, 15) is 0 Å². The van der Waals surface area contributed by atoms with Crippen LogP contribution in [0.4, 0.5) is 0 Å². The predicted octanol–water partition coefficient (Wildman–Crippen LogP) is 10.1. The van der Waals surface area contributed by atoms with Gasteiger partial charge in [0.2, 0.25) is 0 Å². The van der Waals surface area contributed by atoms with E-state index in [1.807, 2.05) is 84.9 Å². The van der Waals surface area contributed by atoms with Crippen LogP contribution in [-0.2, 0) is 0 Å². The van der Waals surface area contributed by atoms with Crippen molar-refractivity contribution in [2.24, 2.45) is 0 Å². The maximum atomic E-state index is 5.84. The molecular formula is C41H36O4. The van der Waals surface area contributed by atoms with Gasteiger partial charge in [0.05, 0.1) is 13.2 Å². The number of hydrogen-bond donors (Lipinski definition) is 0. The summed E-state index contributed by atoms with van der Waals surface area (Å²) in [5.74, 6) is 3.56. The molecule has 0 amide bonds. The fraction of sp³-hybridized carbons (Fsp3) is 0.122. The van der Waals surface area contributed by atoms with Crippen molar-refractivity contribution < 1.29 is 18.9 Å². The summed E-state index contributed by atoms with van der Waals surface area (Å²) in [4.78, 5) is 0. The first-order chi connectivity index (χ1) is 22.3. The molecule has 7 rings (SSSR count). The predicted molar refractivity (Wildman–Crippen MR) is 185 cm³/mol. The molecule has 7 aromatic carbocycles. The molecule has 224 valence electrons. The molecule has 0 aliphatic heterocycles. The van der Waals surface area contributed by atoms with Gasteiger partial charge in [-0.1, -0.05) is 109 Å². The molecule has 0 atom stereocenters. The van der Waals surface area contributed by atoms with Gasteiger partial charge in [-0.3, -0.25) is 0 Å². The van der Waals surface area contributed by atoms with E-state index in [0.29, 0.717) is 26.4 Å². The van der Waals surface area contributed by atoms with E-state index in [0.717, 1.165) is 29.4 Å². The van der Waals surface area contributed by atoms with Crippen molar-refractivity contribution in [2.45, 2.75) is 6.42 Å². The van der Waals surface area contributed by atoms with Crippen LogP contribution >= 0.6 is 0 Å². The Kier molecular flexibility index (Phi) is 10.1. The van der Waals surface area contributed by atoms with Crippen molar-refractivity contribution in [3.05, 3.63) is 158 Å². The van der Waals surface area contributed by atoms with Crippen molar-refractivity contribution in [3.63, 3.8) is 0 Å². The quantitative estimate of drug-likeness (QED) is 0.140. The number of rotatable bonds is 11. The van der Waals surface area contributed by atoms with Crippen LogP contribution in [0.15, 0.2) is 158 Å². The van der Waals surface area contributed by atoms with Gasteiger partial charge in [-0.15, -0.1) is 0 Å².